The maximum Gasteiger partial charge on any atom is 0.243 e. The number of piperidine rings is 1. The lowest BCUT2D eigenvalue weighted by Gasteiger charge is -2.33. The van der Waals surface area contributed by atoms with Crippen molar-refractivity contribution in [2.75, 3.05) is 26.7 Å². The van der Waals surface area contributed by atoms with Crippen molar-refractivity contribution in [3.8, 4) is 0 Å². The Balaban J connectivity index is 1.55. The van der Waals surface area contributed by atoms with Gasteiger partial charge in [-0.3, -0.25) is 4.79 Å². The molecule has 0 aliphatic carbocycles. The molecule has 1 fully saturated rings. The summed E-state index contributed by atoms with van der Waals surface area (Å²) in [6, 6.07) is 14.1. The maximum atomic E-state index is 13.3. The van der Waals surface area contributed by atoms with Crippen LogP contribution in [-0.2, 0) is 21.2 Å². The molecular formula is C25H34N2O3S. The van der Waals surface area contributed by atoms with Crippen LogP contribution in [0.25, 0.3) is 0 Å². The van der Waals surface area contributed by atoms with Crippen LogP contribution < -0.4 is 0 Å². The maximum absolute atomic E-state index is 13.3. The predicted octanol–water partition coefficient (Wildman–Crippen LogP) is 4.10. The Morgan fingerprint density at radius 2 is 1.61 bits per heavy atom. The van der Waals surface area contributed by atoms with Crippen LogP contribution in [0.3, 0.4) is 0 Å². The predicted molar refractivity (Wildman–Crippen MR) is 125 cm³/mol. The van der Waals surface area contributed by atoms with Crippen LogP contribution in [0, 0.1) is 26.7 Å². The largest absolute Gasteiger partial charge is 0.346 e. The molecule has 0 atom stereocenters. The van der Waals surface area contributed by atoms with Crippen molar-refractivity contribution in [3.05, 3.63) is 64.7 Å². The van der Waals surface area contributed by atoms with Crippen molar-refractivity contribution >= 4 is 15.9 Å². The van der Waals surface area contributed by atoms with E-state index in [9.17, 15) is 13.2 Å². The van der Waals surface area contributed by atoms with Gasteiger partial charge in [0.1, 0.15) is 0 Å². The van der Waals surface area contributed by atoms with Crippen LogP contribution in [0.15, 0.2) is 47.4 Å². The van der Waals surface area contributed by atoms with E-state index in [-0.39, 0.29) is 11.8 Å². The topological polar surface area (TPSA) is 57.7 Å². The number of carbonyl (C=O) groups excluding carboxylic acids is 1. The highest BCUT2D eigenvalue weighted by atomic mass is 32.2. The zero-order valence-corrected chi connectivity index (χ0v) is 19.9. The number of aryl methyl sites for hydroxylation is 4. The molecule has 0 saturated carbocycles. The van der Waals surface area contributed by atoms with Crippen molar-refractivity contribution in [3.63, 3.8) is 0 Å². The first kappa shape index (κ1) is 23.5. The number of nitrogens with zero attached hydrogens (tertiary/aromatic N) is 2. The third-order valence-electron chi connectivity index (χ3n) is 6.18. The molecule has 0 radical (unpaired) electrons. The van der Waals surface area contributed by atoms with Crippen LogP contribution in [-0.4, -0.2) is 50.2 Å². The van der Waals surface area contributed by atoms with Gasteiger partial charge in [-0.2, -0.15) is 4.31 Å². The van der Waals surface area contributed by atoms with Crippen molar-refractivity contribution in [2.45, 2.75) is 51.3 Å². The Bertz CT molecular complexity index is 987. The lowest BCUT2D eigenvalue weighted by Crippen LogP contribution is -2.44. The molecule has 0 aromatic heterocycles. The van der Waals surface area contributed by atoms with E-state index in [0.717, 1.165) is 29.5 Å². The summed E-state index contributed by atoms with van der Waals surface area (Å²) in [4.78, 5) is 15.1. The lowest BCUT2D eigenvalue weighted by molar-refractivity contribution is -0.135. The Hall–Kier alpha value is -2.18. The zero-order valence-electron chi connectivity index (χ0n) is 19.1. The summed E-state index contributed by atoms with van der Waals surface area (Å²) in [6.45, 7) is 7.19. The van der Waals surface area contributed by atoms with Crippen molar-refractivity contribution in [1.29, 1.82) is 0 Å². The third kappa shape index (κ3) is 5.55. The Morgan fingerprint density at radius 1 is 1.03 bits per heavy atom. The minimum Gasteiger partial charge on any atom is -0.346 e. The standard InChI is InChI=1S/C25H34N2O3S/c1-19-17-20(2)24(21(3)18-19)31(29,30)27-15-12-23(13-16-27)25(28)26(4)14-8-11-22-9-6-5-7-10-22/h5-7,9-10,17-18,23H,8,11-16H2,1-4H3. The first-order chi connectivity index (χ1) is 14.7. The summed E-state index contributed by atoms with van der Waals surface area (Å²) in [5.41, 5.74) is 3.92. The highest BCUT2D eigenvalue weighted by molar-refractivity contribution is 7.89. The fraction of sp³-hybridized carbons (Fsp3) is 0.480. The van der Waals surface area contributed by atoms with E-state index in [1.807, 2.05) is 63.1 Å². The number of rotatable bonds is 7. The van der Waals surface area contributed by atoms with Gasteiger partial charge in [-0.25, -0.2) is 8.42 Å². The Labute approximate surface area is 187 Å². The minimum absolute atomic E-state index is 0.103. The second-order valence-electron chi connectivity index (χ2n) is 8.76. The van der Waals surface area contributed by atoms with Crippen LogP contribution >= 0.6 is 0 Å². The molecule has 168 valence electrons. The molecule has 3 rings (SSSR count). The zero-order chi connectivity index (χ0) is 22.6. The lowest BCUT2D eigenvalue weighted by atomic mass is 9.96. The first-order valence-corrected chi connectivity index (χ1v) is 12.5. The number of amides is 1. The van der Waals surface area contributed by atoms with Gasteiger partial charge in [-0.05, 0) is 63.1 Å². The second-order valence-corrected chi connectivity index (χ2v) is 10.6. The van der Waals surface area contributed by atoms with E-state index in [1.165, 1.54) is 5.56 Å². The fourth-order valence-corrected chi connectivity index (χ4v) is 6.51. The summed E-state index contributed by atoms with van der Waals surface area (Å²) in [5.74, 6) is 0.0289. The van der Waals surface area contributed by atoms with Crippen LogP contribution in [0.4, 0.5) is 0 Å². The van der Waals surface area contributed by atoms with Crippen molar-refractivity contribution in [1.82, 2.24) is 9.21 Å². The van der Waals surface area contributed by atoms with Crippen molar-refractivity contribution in [2.24, 2.45) is 5.92 Å². The van der Waals surface area contributed by atoms with E-state index < -0.39 is 10.0 Å². The fourth-order valence-electron chi connectivity index (χ4n) is 4.63. The second kappa shape index (κ2) is 9.96. The average molecular weight is 443 g/mol. The molecule has 1 amide bonds. The molecule has 1 aliphatic heterocycles. The number of sulfonamides is 1. The quantitative estimate of drug-likeness (QED) is 0.649. The SMILES string of the molecule is Cc1cc(C)c(S(=O)(=O)N2CCC(C(=O)N(C)CCCc3ccccc3)CC2)c(C)c1. The van der Waals surface area contributed by atoms with Gasteiger partial charge in [0.05, 0.1) is 4.90 Å². The molecule has 1 heterocycles. The summed E-state index contributed by atoms with van der Waals surface area (Å²) in [7, 11) is -1.69. The minimum atomic E-state index is -3.55. The van der Waals surface area contributed by atoms with Gasteiger partial charge in [-0.15, -0.1) is 0 Å². The molecule has 2 aromatic carbocycles. The van der Waals surface area contributed by atoms with Crippen molar-refractivity contribution < 1.29 is 13.2 Å². The number of hydrogen-bond acceptors (Lipinski definition) is 3. The molecule has 5 nitrogen and oxygen atoms in total. The van der Waals surface area contributed by atoms with Crippen LogP contribution in [0.2, 0.25) is 0 Å². The monoisotopic (exact) mass is 442 g/mol. The molecule has 0 bridgehead atoms. The number of benzene rings is 2. The average Bonchev–Trinajstić information content (AvgIpc) is 2.73. The third-order valence-corrected chi connectivity index (χ3v) is 8.39. The van der Waals surface area contributed by atoms with Gasteiger partial charge >= 0.3 is 0 Å². The highest BCUT2D eigenvalue weighted by Crippen LogP contribution is 2.29. The van der Waals surface area contributed by atoms with Gasteiger partial charge in [0.2, 0.25) is 15.9 Å². The molecule has 0 unspecified atom stereocenters. The molecule has 1 aliphatic rings. The molecular weight excluding hydrogens is 408 g/mol. The molecule has 0 spiro atoms. The van der Waals surface area contributed by atoms with Gasteiger partial charge in [0.15, 0.2) is 0 Å². The van der Waals surface area contributed by atoms with E-state index in [0.29, 0.717) is 37.4 Å². The van der Waals surface area contributed by atoms with E-state index in [4.69, 9.17) is 0 Å². The van der Waals surface area contributed by atoms with E-state index >= 15 is 0 Å². The molecule has 0 N–H and O–H groups in total. The Kier molecular flexibility index (Phi) is 7.55. The normalized spacial score (nSPS) is 15.7. The molecule has 2 aromatic rings. The Morgan fingerprint density at radius 3 is 2.19 bits per heavy atom. The summed E-state index contributed by atoms with van der Waals surface area (Å²) >= 11 is 0. The summed E-state index contributed by atoms with van der Waals surface area (Å²) in [6.07, 6.45) is 3.02. The van der Waals surface area contributed by atoms with E-state index in [2.05, 4.69) is 12.1 Å². The molecule has 1 saturated heterocycles. The van der Waals surface area contributed by atoms with Gasteiger partial charge in [-0.1, -0.05) is 48.0 Å². The van der Waals surface area contributed by atoms with Gasteiger partial charge in [0, 0.05) is 32.6 Å². The molecule has 6 heteroatoms. The first-order valence-electron chi connectivity index (χ1n) is 11.1. The van der Waals surface area contributed by atoms with Crippen LogP contribution in [0.1, 0.15) is 41.5 Å². The van der Waals surface area contributed by atoms with Crippen LogP contribution in [0.5, 0.6) is 0 Å². The van der Waals surface area contributed by atoms with E-state index in [1.54, 1.807) is 4.31 Å². The number of carbonyl (C=O) groups is 1. The number of hydrogen-bond donors (Lipinski definition) is 0. The summed E-state index contributed by atoms with van der Waals surface area (Å²) in [5, 5.41) is 0. The summed E-state index contributed by atoms with van der Waals surface area (Å²) < 4.78 is 28.1. The smallest absolute Gasteiger partial charge is 0.243 e. The van der Waals surface area contributed by atoms with Gasteiger partial charge in [0.25, 0.3) is 0 Å². The van der Waals surface area contributed by atoms with Gasteiger partial charge < -0.3 is 4.90 Å². The highest BCUT2D eigenvalue weighted by Gasteiger charge is 2.34. The molecule has 31 heavy (non-hydrogen) atoms.